The lowest BCUT2D eigenvalue weighted by Gasteiger charge is -2.40. The number of unbranched alkanes of at least 4 members (excludes halogenated alkanes) is 4. The largest absolute Gasteiger partial charge is 0.387 e. The van der Waals surface area contributed by atoms with E-state index in [-0.39, 0.29) is 31.8 Å². The number of benzene rings is 1. The molecule has 51 heavy (non-hydrogen) atoms. The monoisotopic (exact) mass is 722 g/mol. The first-order valence-electron chi connectivity index (χ1n) is 17.3. The number of carbonyl (C=O) groups is 2. The topological polar surface area (TPSA) is 265 Å². The molecule has 1 fully saturated rings. The van der Waals surface area contributed by atoms with Gasteiger partial charge in [0, 0.05) is 38.0 Å². The molecule has 17 heteroatoms. The van der Waals surface area contributed by atoms with Crippen molar-refractivity contribution in [2.24, 2.45) is 11.5 Å². The molecule has 17 nitrogen and oxygen atoms in total. The molecule has 1 aliphatic heterocycles. The number of aromatic amines is 1. The maximum absolute atomic E-state index is 13.0. The molecule has 10 N–H and O–H groups in total. The molecule has 3 rings (SSSR count). The molecule has 1 saturated heterocycles. The van der Waals surface area contributed by atoms with E-state index in [1.807, 2.05) is 29.2 Å². The number of nitrogens with two attached hydrogens (primary N) is 2. The van der Waals surface area contributed by atoms with Crippen LogP contribution in [0.2, 0.25) is 0 Å². The van der Waals surface area contributed by atoms with Gasteiger partial charge in [-0.1, -0.05) is 44.7 Å². The van der Waals surface area contributed by atoms with Crippen molar-refractivity contribution in [3.05, 3.63) is 62.9 Å². The Bertz CT molecular complexity index is 1490. The molecule has 1 aromatic carbocycles. The molecule has 2 heterocycles. The van der Waals surface area contributed by atoms with Gasteiger partial charge in [0.05, 0.1) is 0 Å². The Morgan fingerprint density at radius 2 is 1.73 bits per heavy atom. The van der Waals surface area contributed by atoms with Gasteiger partial charge in [0.1, 0.15) is 42.7 Å². The molecule has 0 radical (unpaired) electrons. The highest BCUT2D eigenvalue weighted by molar-refractivity contribution is 5.90. The Morgan fingerprint density at radius 3 is 2.31 bits per heavy atom. The number of nitrogens with one attached hydrogen (secondary N) is 2. The minimum absolute atomic E-state index is 0.0690. The number of ether oxygens (including phenoxy) is 3. The number of H-pyrrole nitrogens is 1. The first kappa shape index (κ1) is 41.9. The summed E-state index contributed by atoms with van der Waals surface area (Å²) in [5.74, 6) is -1.23. The van der Waals surface area contributed by atoms with E-state index in [1.165, 1.54) is 43.2 Å². The Balaban J connectivity index is 1.73. The number of amides is 2. The molecule has 0 saturated carbocycles. The number of hydrogen-bond acceptors (Lipinski definition) is 13. The highest BCUT2D eigenvalue weighted by atomic mass is 16.7. The molecule has 0 bridgehead atoms. The molecule has 1 aliphatic rings. The smallest absolute Gasteiger partial charge is 0.330 e. The lowest BCUT2D eigenvalue weighted by Crippen LogP contribution is -2.61. The van der Waals surface area contributed by atoms with Gasteiger partial charge in [0.15, 0.2) is 12.5 Å². The van der Waals surface area contributed by atoms with E-state index in [4.69, 9.17) is 25.7 Å². The number of primary amides is 1. The first-order valence-corrected chi connectivity index (χ1v) is 17.3. The van der Waals surface area contributed by atoms with Crippen LogP contribution in [0.25, 0.3) is 0 Å². The van der Waals surface area contributed by atoms with Crippen molar-refractivity contribution in [3.63, 3.8) is 0 Å². The standard InChI is InChI=1S/C34H54N6O11/c1-4-5-6-7-8-10-20-12-14-21(15-13-20)37-23(41)11-9-17-39(2)25(31(36)46)29(51-33-27(44)26(43)22(19-35)50-33)30(49-3)28(45)32(47)40-18-16-24(42)38-34(40)48/h12-16,18,22,25-30,32-33,43-45,47H,4-11,17,19,35H2,1-3H3,(H2,36,46)(H,37,41)(H,38,42,48)/t22-,25+,26-,27-,28?,29+,30?,32?,33?/m1/s1. The van der Waals surface area contributed by atoms with Gasteiger partial charge >= 0.3 is 5.69 Å². The van der Waals surface area contributed by atoms with E-state index in [1.54, 1.807) is 0 Å². The molecule has 0 aliphatic carbocycles. The number of anilines is 1. The summed E-state index contributed by atoms with van der Waals surface area (Å²) in [5.41, 5.74) is 11.5. The fourth-order valence-corrected chi connectivity index (χ4v) is 6.11. The number of aliphatic hydroxyl groups is 4. The summed E-state index contributed by atoms with van der Waals surface area (Å²) < 4.78 is 17.7. The van der Waals surface area contributed by atoms with E-state index >= 15 is 0 Å². The zero-order valence-corrected chi connectivity index (χ0v) is 29.4. The minimum atomic E-state index is -2.02. The summed E-state index contributed by atoms with van der Waals surface area (Å²) in [6, 6.07) is 7.21. The van der Waals surface area contributed by atoms with Crippen molar-refractivity contribution in [1.29, 1.82) is 0 Å². The highest BCUT2D eigenvalue weighted by Gasteiger charge is 2.49. The summed E-state index contributed by atoms with van der Waals surface area (Å²) in [6.07, 6.45) is -4.75. The number of aryl methyl sites for hydroxylation is 1. The third-order valence-electron chi connectivity index (χ3n) is 9.02. The molecule has 9 atom stereocenters. The molecule has 286 valence electrons. The van der Waals surface area contributed by atoms with Crippen LogP contribution in [-0.2, 0) is 30.2 Å². The number of carbonyl (C=O) groups excluding carboxylic acids is 2. The summed E-state index contributed by atoms with van der Waals surface area (Å²) in [4.78, 5) is 53.2. The van der Waals surface area contributed by atoms with Crippen LogP contribution in [0, 0.1) is 0 Å². The van der Waals surface area contributed by atoms with Gasteiger partial charge in [-0.3, -0.25) is 28.8 Å². The number of rotatable bonds is 22. The third kappa shape index (κ3) is 11.7. The Hall–Kier alpha value is -3.52. The maximum atomic E-state index is 13.0. The molecule has 0 spiro atoms. The van der Waals surface area contributed by atoms with Crippen molar-refractivity contribution >= 4 is 17.5 Å². The molecule has 2 amide bonds. The highest BCUT2D eigenvalue weighted by Crippen LogP contribution is 2.28. The van der Waals surface area contributed by atoms with E-state index in [2.05, 4.69) is 12.2 Å². The fourth-order valence-electron chi connectivity index (χ4n) is 6.11. The number of aliphatic hydroxyl groups excluding tert-OH is 4. The van der Waals surface area contributed by atoms with Crippen LogP contribution in [0.15, 0.2) is 46.1 Å². The van der Waals surface area contributed by atoms with E-state index in [9.17, 15) is 39.6 Å². The van der Waals surface area contributed by atoms with Crippen LogP contribution in [0.1, 0.15) is 63.7 Å². The van der Waals surface area contributed by atoms with Crippen molar-refractivity contribution in [1.82, 2.24) is 14.5 Å². The quantitative estimate of drug-likeness (QED) is 0.0673. The number of aromatic nitrogens is 2. The second kappa shape index (κ2) is 20.5. The van der Waals surface area contributed by atoms with Gasteiger partial charge in [0.25, 0.3) is 5.56 Å². The first-order chi connectivity index (χ1) is 24.3. The normalized spacial score (nSPS) is 22.0. The van der Waals surface area contributed by atoms with E-state index in [0.29, 0.717) is 10.3 Å². The van der Waals surface area contributed by atoms with E-state index in [0.717, 1.165) is 32.2 Å². The van der Waals surface area contributed by atoms with Gasteiger partial charge in [-0.05, 0) is 50.6 Å². The van der Waals surface area contributed by atoms with Crippen LogP contribution >= 0.6 is 0 Å². The van der Waals surface area contributed by atoms with Crippen LogP contribution in [0.4, 0.5) is 5.69 Å². The molecule has 4 unspecified atom stereocenters. The fraction of sp³-hybridized carbons (Fsp3) is 0.647. The summed E-state index contributed by atoms with van der Waals surface area (Å²) in [7, 11) is 2.65. The predicted molar refractivity (Wildman–Crippen MR) is 186 cm³/mol. The van der Waals surface area contributed by atoms with Gasteiger partial charge < -0.3 is 51.4 Å². The number of methoxy groups -OCH3 is 1. The van der Waals surface area contributed by atoms with Gasteiger partial charge in [-0.2, -0.15) is 0 Å². The Morgan fingerprint density at radius 1 is 1.04 bits per heavy atom. The van der Waals surface area contributed by atoms with Gasteiger partial charge in [0.2, 0.25) is 11.8 Å². The van der Waals surface area contributed by atoms with Crippen molar-refractivity contribution in [3.8, 4) is 0 Å². The lowest BCUT2D eigenvalue weighted by molar-refractivity contribution is -0.241. The summed E-state index contributed by atoms with van der Waals surface area (Å²) in [5, 5.41) is 46.1. The van der Waals surface area contributed by atoms with Gasteiger partial charge in [-0.15, -0.1) is 0 Å². The van der Waals surface area contributed by atoms with Crippen LogP contribution in [0.5, 0.6) is 0 Å². The summed E-state index contributed by atoms with van der Waals surface area (Å²) in [6.45, 7) is 2.11. The third-order valence-corrected chi connectivity index (χ3v) is 9.02. The maximum Gasteiger partial charge on any atom is 0.330 e. The van der Waals surface area contributed by atoms with Crippen LogP contribution in [0.3, 0.4) is 0 Å². The predicted octanol–water partition coefficient (Wildman–Crippen LogP) is -1.09. The average Bonchev–Trinajstić information content (AvgIpc) is 3.36. The second-order valence-corrected chi connectivity index (χ2v) is 12.8. The summed E-state index contributed by atoms with van der Waals surface area (Å²) >= 11 is 0. The van der Waals surface area contributed by atoms with Crippen molar-refractivity contribution < 1.29 is 44.2 Å². The van der Waals surface area contributed by atoms with Crippen molar-refractivity contribution in [2.75, 3.05) is 32.6 Å². The Labute approximate surface area is 296 Å². The van der Waals surface area contributed by atoms with Crippen LogP contribution < -0.4 is 28.0 Å². The number of nitrogens with zero attached hydrogens (tertiary/aromatic N) is 2. The number of hydrogen-bond donors (Lipinski definition) is 8. The zero-order chi connectivity index (χ0) is 37.7. The molecule has 1 aromatic heterocycles. The second-order valence-electron chi connectivity index (χ2n) is 12.8. The van der Waals surface area contributed by atoms with E-state index < -0.39 is 72.3 Å². The Kier molecular flexibility index (Phi) is 16.8. The average molecular weight is 723 g/mol. The zero-order valence-electron chi connectivity index (χ0n) is 29.4. The molecule has 2 aromatic rings. The van der Waals surface area contributed by atoms with Crippen LogP contribution in [-0.4, -0.2) is 123 Å². The molecular formula is C34H54N6O11. The lowest BCUT2D eigenvalue weighted by atomic mass is 9.97. The minimum Gasteiger partial charge on any atom is -0.387 e. The molecular weight excluding hydrogens is 668 g/mol. The number of likely N-dealkylation sites (N-methyl/N-ethyl adjacent to an activating group) is 1. The van der Waals surface area contributed by atoms with Gasteiger partial charge in [-0.25, -0.2) is 4.79 Å². The van der Waals surface area contributed by atoms with Crippen molar-refractivity contribution in [2.45, 2.75) is 113 Å². The SMILES string of the molecule is CCCCCCCc1ccc(NC(=O)CCCN(C)[C@H](C(N)=O)[C@H](OC2O[C@H](CN)[C@@H](O)[C@H]2O)C(OC)C(O)C(O)n2ccc(=O)[nH]c2=O)cc1.